The highest BCUT2D eigenvalue weighted by atomic mass is 19.1. The monoisotopic (exact) mass is 249 g/mol. The minimum absolute atomic E-state index is 0.105. The topological polar surface area (TPSA) is 12.0 Å². The van der Waals surface area contributed by atoms with E-state index in [1.807, 2.05) is 6.07 Å². The lowest BCUT2D eigenvalue weighted by Gasteiger charge is -2.21. The van der Waals surface area contributed by atoms with Crippen molar-refractivity contribution in [3.63, 3.8) is 0 Å². The van der Waals surface area contributed by atoms with Crippen LogP contribution in [0.4, 0.5) is 4.39 Å². The Hall–Kier alpha value is -0.890. The van der Waals surface area contributed by atoms with Crippen LogP contribution in [-0.4, -0.2) is 12.6 Å². The van der Waals surface area contributed by atoms with Crippen LogP contribution in [0.15, 0.2) is 18.2 Å². The fourth-order valence-corrected chi connectivity index (χ4v) is 3.02. The van der Waals surface area contributed by atoms with Gasteiger partial charge in [-0.1, -0.05) is 19.4 Å². The molecular weight excluding hydrogens is 225 g/mol. The molecule has 1 aliphatic carbocycles. The molecular formula is C16H24FN. The average molecular weight is 249 g/mol. The van der Waals surface area contributed by atoms with Crippen LogP contribution < -0.4 is 5.32 Å². The lowest BCUT2D eigenvalue weighted by molar-refractivity contribution is 0.398. The van der Waals surface area contributed by atoms with Crippen molar-refractivity contribution < 1.29 is 4.39 Å². The Labute approximate surface area is 110 Å². The third-order valence-corrected chi connectivity index (χ3v) is 4.11. The maximum Gasteiger partial charge on any atom is 0.123 e. The van der Waals surface area contributed by atoms with E-state index >= 15 is 0 Å². The van der Waals surface area contributed by atoms with E-state index in [1.54, 1.807) is 12.1 Å². The maximum absolute atomic E-state index is 13.3. The van der Waals surface area contributed by atoms with Crippen LogP contribution in [0, 0.1) is 18.7 Å². The zero-order chi connectivity index (χ0) is 13.0. The molecule has 1 nitrogen and oxygen atoms in total. The van der Waals surface area contributed by atoms with E-state index in [9.17, 15) is 4.39 Å². The number of hydrogen-bond donors (Lipinski definition) is 1. The summed E-state index contributed by atoms with van der Waals surface area (Å²) in [5, 5.41) is 3.64. The zero-order valence-electron chi connectivity index (χ0n) is 11.5. The van der Waals surface area contributed by atoms with Gasteiger partial charge in [-0.3, -0.25) is 0 Å². The molecule has 100 valence electrons. The van der Waals surface area contributed by atoms with Gasteiger partial charge in [-0.25, -0.2) is 4.39 Å². The third kappa shape index (κ3) is 3.32. The van der Waals surface area contributed by atoms with Crippen molar-refractivity contribution in [2.24, 2.45) is 5.92 Å². The van der Waals surface area contributed by atoms with Crippen molar-refractivity contribution in [2.75, 3.05) is 6.54 Å². The highest BCUT2D eigenvalue weighted by Crippen LogP contribution is 2.29. The van der Waals surface area contributed by atoms with Crippen molar-refractivity contribution in [3.05, 3.63) is 35.1 Å². The number of aryl methyl sites for hydroxylation is 1. The summed E-state index contributed by atoms with van der Waals surface area (Å²) in [4.78, 5) is 0. The number of hydrogen-bond acceptors (Lipinski definition) is 1. The standard InChI is InChI=1S/C16H24FN/c1-3-9-18-16-6-4-5-13(16)10-14-11-15(17)8-7-12(14)2/h7-8,11,13,16,18H,3-6,9-10H2,1-2H3. The van der Waals surface area contributed by atoms with Crippen LogP contribution in [0.5, 0.6) is 0 Å². The molecule has 0 aliphatic heterocycles. The predicted octanol–water partition coefficient (Wildman–Crippen LogP) is 3.84. The number of halogens is 1. The van der Waals surface area contributed by atoms with Gasteiger partial charge in [0.15, 0.2) is 0 Å². The second kappa shape index (κ2) is 6.33. The number of nitrogens with one attached hydrogen (secondary N) is 1. The molecule has 1 aromatic rings. The number of benzene rings is 1. The van der Waals surface area contributed by atoms with Crippen molar-refractivity contribution >= 4 is 0 Å². The average Bonchev–Trinajstić information content (AvgIpc) is 2.79. The fraction of sp³-hybridized carbons (Fsp3) is 0.625. The quantitative estimate of drug-likeness (QED) is 0.836. The first-order chi connectivity index (χ1) is 8.70. The van der Waals surface area contributed by atoms with Gasteiger partial charge in [0, 0.05) is 6.04 Å². The summed E-state index contributed by atoms with van der Waals surface area (Å²) < 4.78 is 13.3. The highest BCUT2D eigenvalue weighted by molar-refractivity contribution is 5.27. The molecule has 1 N–H and O–H groups in total. The third-order valence-electron chi connectivity index (χ3n) is 4.11. The molecule has 1 fully saturated rings. The van der Waals surface area contributed by atoms with Crippen molar-refractivity contribution in [3.8, 4) is 0 Å². The van der Waals surface area contributed by atoms with Crippen molar-refractivity contribution in [1.29, 1.82) is 0 Å². The van der Waals surface area contributed by atoms with Gasteiger partial charge in [0.1, 0.15) is 5.82 Å². The zero-order valence-corrected chi connectivity index (χ0v) is 11.5. The van der Waals surface area contributed by atoms with Crippen LogP contribution in [0.3, 0.4) is 0 Å². The van der Waals surface area contributed by atoms with E-state index in [2.05, 4.69) is 19.2 Å². The minimum atomic E-state index is -0.105. The van der Waals surface area contributed by atoms with Gasteiger partial charge in [0.05, 0.1) is 0 Å². The Morgan fingerprint density at radius 3 is 2.94 bits per heavy atom. The first-order valence-corrected chi connectivity index (χ1v) is 7.19. The normalized spacial score (nSPS) is 23.5. The summed E-state index contributed by atoms with van der Waals surface area (Å²) in [6, 6.07) is 5.80. The van der Waals surface area contributed by atoms with Gasteiger partial charge < -0.3 is 5.32 Å². The van der Waals surface area contributed by atoms with E-state index in [0.717, 1.165) is 13.0 Å². The van der Waals surface area contributed by atoms with Crippen LogP contribution in [-0.2, 0) is 6.42 Å². The first kappa shape index (κ1) is 13.5. The van der Waals surface area contributed by atoms with E-state index < -0.39 is 0 Å². The molecule has 0 heterocycles. The molecule has 1 aromatic carbocycles. The first-order valence-electron chi connectivity index (χ1n) is 7.19. The summed E-state index contributed by atoms with van der Waals surface area (Å²) in [6.07, 6.45) is 6.06. The number of rotatable bonds is 5. The molecule has 0 bridgehead atoms. The van der Waals surface area contributed by atoms with E-state index in [4.69, 9.17) is 0 Å². The smallest absolute Gasteiger partial charge is 0.123 e. The second-order valence-electron chi connectivity index (χ2n) is 5.53. The largest absolute Gasteiger partial charge is 0.314 e. The lowest BCUT2D eigenvalue weighted by atomic mass is 9.92. The summed E-state index contributed by atoms with van der Waals surface area (Å²) in [7, 11) is 0. The molecule has 0 saturated heterocycles. The second-order valence-corrected chi connectivity index (χ2v) is 5.53. The Morgan fingerprint density at radius 1 is 1.33 bits per heavy atom. The maximum atomic E-state index is 13.3. The van der Waals surface area contributed by atoms with Crippen LogP contribution in [0.2, 0.25) is 0 Å². The molecule has 2 unspecified atom stereocenters. The van der Waals surface area contributed by atoms with Gasteiger partial charge in [-0.15, -0.1) is 0 Å². The van der Waals surface area contributed by atoms with Gasteiger partial charge in [-0.2, -0.15) is 0 Å². The molecule has 1 aliphatic rings. The molecule has 0 amide bonds. The van der Waals surface area contributed by atoms with Crippen LogP contribution in [0.1, 0.15) is 43.7 Å². The van der Waals surface area contributed by atoms with Crippen molar-refractivity contribution in [1.82, 2.24) is 5.32 Å². The predicted molar refractivity (Wildman–Crippen MR) is 74.3 cm³/mol. The Bertz CT molecular complexity index is 389. The van der Waals surface area contributed by atoms with Crippen LogP contribution >= 0.6 is 0 Å². The Balaban J connectivity index is 2.01. The van der Waals surface area contributed by atoms with Gasteiger partial charge >= 0.3 is 0 Å². The van der Waals surface area contributed by atoms with E-state index in [0.29, 0.717) is 12.0 Å². The highest BCUT2D eigenvalue weighted by Gasteiger charge is 2.26. The molecule has 2 atom stereocenters. The summed E-state index contributed by atoms with van der Waals surface area (Å²) in [5.74, 6) is 0.573. The van der Waals surface area contributed by atoms with Crippen LogP contribution in [0.25, 0.3) is 0 Å². The molecule has 2 rings (SSSR count). The summed E-state index contributed by atoms with van der Waals surface area (Å²) in [6.45, 7) is 5.38. The molecule has 2 heteroatoms. The molecule has 0 radical (unpaired) electrons. The summed E-state index contributed by atoms with van der Waals surface area (Å²) >= 11 is 0. The molecule has 1 saturated carbocycles. The van der Waals surface area contributed by atoms with Gasteiger partial charge in [0.2, 0.25) is 0 Å². The van der Waals surface area contributed by atoms with Crippen molar-refractivity contribution in [2.45, 2.75) is 52.0 Å². The fourth-order valence-electron chi connectivity index (χ4n) is 3.02. The van der Waals surface area contributed by atoms with Gasteiger partial charge in [-0.05, 0) is 68.3 Å². The lowest BCUT2D eigenvalue weighted by Crippen LogP contribution is -2.33. The molecule has 18 heavy (non-hydrogen) atoms. The molecule has 0 aromatic heterocycles. The Morgan fingerprint density at radius 2 is 2.17 bits per heavy atom. The molecule has 0 spiro atoms. The Kier molecular flexibility index (Phi) is 4.76. The SMILES string of the molecule is CCCNC1CCCC1Cc1cc(F)ccc1C. The van der Waals surface area contributed by atoms with E-state index in [-0.39, 0.29) is 5.82 Å². The minimum Gasteiger partial charge on any atom is -0.314 e. The summed E-state index contributed by atoms with van der Waals surface area (Å²) in [5.41, 5.74) is 2.41. The van der Waals surface area contributed by atoms with Gasteiger partial charge in [0.25, 0.3) is 0 Å². The van der Waals surface area contributed by atoms with E-state index in [1.165, 1.54) is 36.8 Å².